The van der Waals surface area contributed by atoms with Gasteiger partial charge in [0.25, 0.3) is 0 Å². The van der Waals surface area contributed by atoms with E-state index in [2.05, 4.69) is 27.4 Å². The highest BCUT2D eigenvalue weighted by molar-refractivity contribution is 5.42. The van der Waals surface area contributed by atoms with Crippen LogP contribution in [0.1, 0.15) is 24.2 Å². The highest BCUT2D eigenvalue weighted by atomic mass is 19.1. The fourth-order valence-electron chi connectivity index (χ4n) is 3.46. The Bertz CT molecular complexity index is 851. The molecule has 130 valence electrons. The second-order valence-electron chi connectivity index (χ2n) is 6.62. The molecule has 0 atom stereocenters. The predicted octanol–water partition coefficient (Wildman–Crippen LogP) is 3.83. The van der Waals surface area contributed by atoms with Crippen molar-refractivity contribution in [2.24, 2.45) is 0 Å². The molecule has 0 amide bonds. The monoisotopic (exact) mass is 339 g/mol. The van der Waals surface area contributed by atoms with Crippen molar-refractivity contribution in [2.75, 3.05) is 13.1 Å². The van der Waals surface area contributed by atoms with Gasteiger partial charge in [-0.15, -0.1) is 0 Å². The fourth-order valence-corrected chi connectivity index (χ4v) is 3.46. The summed E-state index contributed by atoms with van der Waals surface area (Å²) in [7, 11) is 0. The van der Waals surface area contributed by atoms with Crippen LogP contribution in [0.5, 0.6) is 5.75 Å². The van der Waals surface area contributed by atoms with Crippen molar-refractivity contribution in [3.05, 3.63) is 65.9 Å². The van der Waals surface area contributed by atoms with Crippen molar-refractivity contribution < 1.29 is 9.13 Å². The first-order chi connectivity index (χ1) is 12.2. The Morgan fingerprint density at radius 1 is 1.12 bits per heavy atom. The number of nitrogens with zero attached hydrogens (tertiary/aromatic N) is 3. The van der Waals surface area contributed by atoms with Crippen LogP contribution in [0.4, 0.5) is 4.39 Å². The Hall–Kier alpha value is -2.40. The number of pyridine rings is 1. The quantitative estimate of drug-likeness (QED) is 0.724. The van der Waals surface area contributed by atoms with Gasteiger partial charge in [0.05, 0.1) is 11.4 Å². The summed E-state index contributed by atoms with van der Waals surface area (Å²) < 4.78 is 21.1. The maximum Gasteiger partial charge on any atom is 0.137 e. The Balaban J connectivity index is 1.37. The molecule has 5 heteroatoms. The number of hydrogen-bond donors (Lipinski definition) is 0. The van der Waals surface area contributed by atoms with Crippen LogP contribution < -0.4 is 4.74 Å². The lowest BCUT2D eigenvalue weighted by molar-refractivity contribution is 0.0958. The molecule has 0 radical (unpaired) electrons. The van der Waals surface area contributed by atoms with E-state index < -0.39 is 0 Å². The molecule has 3 aromatic rings. The maximum atomic E-state index is 13.0. The average molecular weight is 339 g/mol. The molecule has 0 spiro atoms. The third kappa shape index (κ3) is 3.51. The molecule has 1 aliphatic rings. The van der Waals surface area contributed by atoms with Crippen LogP contribution >= 0.6 is 0 Å². The second-order valence-corrected chi connectivity index (χ2v) is 6.62. The second kappa shape index (κ2) is 6.84. The van der Waals surface area contributed by atoms with Crippen molar-refractivity contribution in [1.29, 1.82) is 0 Å². The number of fused-ring (bicyclic) bond motifs is 1. The number of halogens is 1. The van der Waals surface area contributed by atoms with Crippen molar-refractivity contribution in [2.45, 2.75) is 32.4 Å². The minimum Gasteiger partial charge on any atom is -0.490 e. The van der Waals surface area contributed by atoms with E-state index in [1.165, 1.54) is 17.8 Å². The summed E-state index contributed by atoms with van der Waals surface area (Å²) in [5, 5.41) is 0. The number of likely N-dealkylation sites (tertiary alicyclic amines) is 1. The van der Waals surface area contributed by atoms with E-state index in [0.717, 1.165) is 49.6 Å². The molecular formula is C20H22FN3O. The molecule has 4 nitrogen and oxygen atoms in total. The van der Waals surface area contributed by atoms with Gasteiger partial charge in [0.15, 0.2) is 0 Å². The SMILES string of the molecule is Cc1nc2ccccn2c1CN1CCC(Oc2ccc(F)cc2)CC1. The number of benzene rings is 1. The standard InChI is InChI=1S/C20H22FN3O/c1-15-19(24-11-3-2-4-20(24)22-15)14-23-12-9-18(10-13-23)25-17-7-5-16(21)6-8-17/h2-8,11,18H,9-10,12-14H2,1H3. The van der Waals surface area contributed by atoms with E-state index in [0.29, 0.717) is 0 Å². The molecule has 0 N–H and O–H groups in total. The first kappa shape index (κ1) is 16.1. The van der Waals surface area contributed by atoms with E-state index in [-0.39, 0.29) is 11.9 Å². The van der Waals surface area contributed by atoms with Crippen LogP contribution in [0.2, 0.25) is 0 Å². The van der Waals surface area contributed by atoms with E-state index in [1.54, 1.807) is 12.1 Å². The van der Waals surface area contributed by atoms with Crippen molar-refractivity contribution in [3.63, 3.8) is 0 Å². The van der Waals surface area contributed by atoms with Crippen molar-refractivity contribution in [1.82, 2.24) is 14.3 Å². The summed E-state index contributed by atoms with van der Waals surface area (Å²) >= 11 is 0. The predicted molar refractivity (Wildman–Crippen MR) is 95.3 cm³/mol. The van der Waals surface area contributed by atoms with Crippen LogP contribution in [-0.2, 0) is 6.54 Å². The first-order valence-electron chi connectivity index (χ1n) is 8.76. The zero-order valence-corrected chi connectivity index (χ0v) is 14.4. The number of piperidine rings is 1. The molecule has 0 saturated carbocycles. The summed E-state index contributed by atoms with van der Waals surface area (Å²) in [4.78, 5) is 7.09. The Kier molecular flexibility index (Phi) is 4.40. The van der Waals surface area contributed by atoms with Gasteiger partial charge >= 0.3 is 0 Å². The molecule has 0 bridgehead atoms. The first-order valence-corrected chi connectivity index (χ1v) is 8.76. The molecule has 0 aliphatic carbocycles. The van der Waals surface area contributed by atoms with Gasteiger partial charge in [-0.3, -0.25) is 4.90 Å². The minimum atomic E-state index is -0.231. The van der Waals surface area contributed by atoms with Crippen LogP contribution in [0.3, 0.4) is 0 Å². The lowest BCUT2D eigenvalue weighted by Crippen LogP contribution is -2.38. The fraction of sp³-hybridized carbons (Fsp3) is 0.350. The normalized spacial score (nSPS) is 16.4. The lowest BCUT2D eigenvalue weighted by Gasteiger charge is -2.32. The third-order valence-electron chi connectivity index (χ3n) is 4.85. The van der Waals surface area contributed by atoms with Crippen LogP contribution in [0.25, 0.3) is 5.65 Å². The highest BCUT2D eigenvalue weighted by Gasteiger charge is 2.22. The molecule has 3 heterocycles. The number of aromatic nitrogens is 2. The number of hydrogen-bond acceptors (Lipinski definition) is 3. The Morgan fingerprint density at radius 2 is 1.88 bits per heavy atom. The van der Waals surface area contributed by atoms with Crippen LogP contribution in [-0.4, -0.2) is 33.5 Å². The molecule has 25 heavy (non-hydrogen) atoms. The summed E-state index contributed by atoms with van der Waals surface area (Å²) in [6.07, 6.45) is 4.24. The summed E-state index contributed by atoms with van der Waals surface area (Å²) in [5.74, 6) is 0.517. The summed E-state index contributed by atoms with van der Waals surface area (Å²) in [6, 6.07) is 12.4. The van der Waals surface area contributed by atoms with Crippen molar-refractivity contribution in [3.8, 4) is 5.75 Å². The molecule has 1 fully saturated rings. The summed E-state index contributed by atoms with van der Waals surface area (Å²) in [5.41, 5.74) is 3.36. The van der Waals surface area contributed by atoms with E-state index in [9.17, 15) is 4.39 Å². The molecule has 1 aromatic carbocycles. The zero-order chi connectivity index (χ0) is 17.2. The van der Waals surface area contributed by atoms with Gasteiger partial charge in [-0.2, -0.15) is 0 Å². The van der Waals surface area contributed by atoms with Gasteiger partial charge in [0.2, 0.25) is 0 Å². The van der Waals surface area contributed by atoms with E-state index >= 15 is 0 Å². The number of aryl methyl sites for hydroxylation is 1. The van der Waals surface area contributed by atoms with Crippen molar-refractivity contribution >= 4 is 5.65 Å². The maximum absolute atomic E-state index is 13.0. The summed E-state index contributed by atoms with van der Waals surface area (Å²) in [6.45, 7) is 4.96. The van der Waals surface area contributed by atoms with Crippen LogP contribution in [0.15, 0.2) is 48.7 Å². The highest BCUT2D eigenvalue weighted by Crippen LogP contribution is 2.21. The van der Waals surface area contributed by atoms with Gasteiger partial charge in [0.1, 0.15) is 23.3 Å². The Labute approximate surface area is 146 Å². The Morgan fingerprint density at radius 3 is 2.64 bits per heavy atom. The largest absolute Gasteiger partial charge is 0.490 e. The molecule has 2 aromatic heterocycles. The van der Waals surface area contributed by atoms with E-state index in [1.807, 2.05) is 18.2 Å². The minimum absolute atomic E-state index is 0.199. The van der Waals surface area contributed by atoms with Gasteiger partial charge < -0.3 is 9.14 Å². The van der Waals surface area contributed by atoms with Gasteiger partial charge in [-0.05, 0) is 56.2 Å². The smallest absolute Gasteiger partial charge is 0.137 e. The number of imidazole rings is 1. The molecule has 4 rings (SSSR count). The molecule has 0 unspecified atom stereocenters. The van der Waals surface area contributed by atoms with E-state index in [4.69, 9.17) is 4.74 Å². The molecule has 1 saturated heterocycles. The lowest BCUT2D eigenvalue weighted by atomic mass is 10.1. The number of ether oxygens (including phenoxy) is 1. The topological polar surface area (TPSA) is 29.8 Å². The van der Waals surface area contributed by atoms with Gasteiger partial charge in [-0.25, -0.2) is 9.37 Å². The average Bonchev–Trinajstić information content (AvgIpc) is 2.94. The number of rotatable bonds is 4. The van der Waals surface area contributed by atoms with Gasteiger partial charge in [-0.1, -0.05) is 6.07 Å². The molecule has 1 aliphatic heterocycles. The van der Waals surface area contributed by atoms with Crippen LogP contribution in [0, 0.1) is 12.7 Å². The molecular weight excluding hydrogens is 317 g/mol. The van der Waals surface area contributed by atoms with Gasteiger partial charge in [0, 0.05) is 25.8 Å². The third-order valence-corrected chi connectivity index (χ3v) is 4.85. The zero-order valence-electron chi connectivity index (χ0n) is 14.4.